The fraction of sp³-hybridized carbons (Fsp3) is 0.933. The number of thioether (sulfide) groups is 1. The van der Waals surface area contributed by atoms with Crippen LogP contribution < -0.4 is 5.32 Å². The minimum atomic E-state index is -0.383. The number of rotatable bonds is 7. The molecule has 0 aromatic rings. The SMILES string of the molecule is CCOC(=O)C1(NC2CC2)CCC(SCC(C)C)C1. The Bertz CT molecular complexity index is 317. The van der Waals surface area contributed by atoms with Gasteiger partial charge in [-0.25, -0.2) is 0 Å². The van der Waals surface area contributed by atoms with E-state index in [-0.39, 0.29) is 11.5 Å². The van der Waals surface area contributed by atoms with Crippen molar-refractivity contribution in [2.75, 3.05) is 12.4 Å². The van der Waals surface area contributed by atoms with Crippen molar-refractivity contribution in [3.05, 3.63) is 0 Å². The molecule has 0 radical (unpaired) electrons. The van der Waals surface area contributed by atoms with Crippen LogP contribution in [0.2, 0.25) is 0 Å². The quantitative estimate of drug-likeness (QED) is 0.730. The van der Waals surface area contributed by atoms with Gasteiger partial charge in [0.2, 0.25) is 0 Å². The van der Waals surface area contributed by atoms with Crippen LogP contribution in [0.15, 0.2) is 0 Å². The van der Waals surface area contributed by atoms with Crippen LogP contribution in [0.1, 0.15) is 52.9 Å². The summed E-state index contributed by atoms with van der Waals surface area (Å²) in [7, 11) is 0. The van der Waals surface area contributed by atoms with E-state index >= 15 is 0 Å². The maximum absolute atomic E-state index is 12.3. The van der Waals surface area contributed by atoms with Crippen LogP contribution in [0.4, 0.5) is 0 Å². The van der Waals surface area contributed by atoms with Gasteiger partial charge in [-0.3, -0.25) is 10.1 Å². The summed E-state index contributed by atoms with van der Waals surface area (Å²) < 4.78 is 5.32. The molecule has 2 saturated carbocycles. The van der Waals surface area contributed by atoms with Crippen molar-refractivity contribution in [2.45, 2.75) is 69.7 Å². The summed E-state index contributed by atoms with van der Waals surface area (Å²) in [4.78, 5) is 12.3. The molecule has 2 atom stereocenters. The maximum atomic E-state index is 12.3. The van der Waals surface area contributed by atoms with E-state index in [4.69, 9.17) is 4.74 Å². The van der Waals surface area contributed by atoms with Crippen molar-refractivity contribution < 1.29 is 9.53 Å². The summed E-state index contributed by atoms with van der Waals surface area (Å²) in [5.74, 6) is 1.89. The number of carbonyl (C=O) groups is 1. The summed E-state index contributed by atoms with van der Waals surface area (Å²) in [5, 5.41) is 4.19. The van der Waals surface area contributed by atoms with E-state index in [1.807, 2.05) is 18.7 Å². The first kappa shape index (κ1) is 15.2. The van der Waals surface area contributed by atoms with Crippen molar-refractivity contribution in [1.82, 2.24) is 5.32 Å². The zero-order valence-electron chi connectivity index (χ0n) is 12.4. The third-order valence-electron chi connectivity index (χ3n) is 3.86. The molecule has 0 aromatic heterocycles. The lowest BCUT2D eigenvalue weighted by Gasteiger charge is -2.28. The molecule has 4 heteroatoms. The summed E-state index contributed by atoms with van der Waals surface area (Å²) in [6.07, 6.45) is 5.45. The molecule has 19 heavy (non-hydrogen) atoms. The molecule has 2 fully saturated rings. The van der Waals surface area contributed by atoms with Crippen molar-refractivity contribution >= 4 is 17.7 Å². The Balaban J connectivity index is 1.93. The Hall–Kier alpha value is -0.220. The molecular formula is C15H27NO2S. The van der Waals surface area contributed by atoms with Crippen molar-refractivity contribution in [3.8, 4) is 0 Å². The van der Waals surface area contributed by atoms with Crippen LogP contribution in [0, 0.1) is 5.92 Å². The van der Waals surface area contributed by atoms with Gasteiger partial charge in [-0.1, -0.05) is 13.8 Å². The molecular weight excluding hydrogens is 258 g/mol. The number of hydrogen-bond acceptors (Lipinski definition) is 4. The van der Waals surface area contributed by atoms with Crippen LogP contribution >= 0.6 is 11.8 Å². The highest BCUT2D eigenvalue weighted by Gasteiger charge is 2.49. The first-order valence-corrected chi connectivity index (χ1v) is 8.67. The molecule has 0 heterocycles. The van der Waals surface area contributed by atoms with Crippen molar-refractivity contribution in [3.63, 3.8) is 0 Å². The lowest BCUT2D eigenvalue weighted by Crippen LogP contribution is -2.52. The van der Waals surface area contributed by atoms with E-state index in [2.05, 4.69) is 19.2 Å². The summed E-state index contributed by atoms with van der Waals surface area (Å²) in [5.41, 5.74) is -0.383. The molecule has 0 bridgehead atoms. The van der Waals surface area contributed by atoms with Crippen LogP contribution in [0.25, 0.3) is 0 Å². The van der Waals surface area contributed by atoms with Crippen molar-refractivity contribution in [1.29, 1.82) is 0 Å². The van der Waals surface area contributed by atoms with E-state index < -0.39 is 0 Å². The number of nitrogens with one attached hydrogen (secondary N) is 1. The average molecular weight is 285 g/mol. The van der Waals surface area contributed by atoms with Gasteiger partial charge in [-0.15, -0.1) is 0 Å². The van der Waals surface area contributed by atoms with E-state index in [9.17, 15) is 4.79 Å². The molecule has 0 saturated heterocycles. The molecule has 0 spiro atoms. The summed E-state index contributed by atoms with van der Waals surface area (Å²) >= 11 is 2.03. The topological polar surface area (TPSA) is 38.3 Å². The second kappa shape index (κ2) is 6.49. The lowest BCUT2D eigenvalue weighted by atomic mass is 9.97. The standard InChI is InChI=1S/C15H27NO2S/c1-4-18-14(17)15(16-12-5-6-12)8-7-13(9-15)19-10-11(2)3/h11-13,16H,4-10H2,1-3H3. The summed E-state index contributed by atoms with van der Waals surface area (Å²) in [6, 6.07) is 0.554. The van der Waals surface area contributed by atoms with Gasteiger partial charge in [0.05, 0.1) is 6.61 Å². The van der Waals surface area contributed by atoms with Gasteiger partial charge in [0.15, 0.2) is 0 Å². The smallest absolute Gasteiger partial charge is 0.326 e. The van der Waals surface area contributed by atoms with E-state index in [1.165, 1.54) is 18.6 Å². The number of hydrogen-bond donors (Lipinski definition) is 1. The van der Waals surface area contributed by atoms with Crippen LogP contribution in [0.5, 0.6) is 0 Å². The number of ether oxygens (including phenoxy) is 1. The molecule has 0 aliphatic heterocycles. The second-order valence-corrected chi connectivity index (χ2v) is 7.65. The Morgan fingerprint density at radius 2 is 2.16 bits per heavy atom. The Kier molecular flexibility index (Phi) is 5.18. The van der Waals surface area contributed by atoms with Crippen LogP contribution in [-0.4, -0.2) is 35.2 Å². The average Bonchev–Trinajstić information content (AvgIpc) is 3.06. The highest BCUT2D eigenvalue weighted by molar-refractivity contribution is 7.99. The Labute approximate surface area is 121 Å². The monoisotopic (exact) mass is 285 g/mol. The van der Waals surface area contributed by atoms with Gasteiger partial charge in [0, 0.05) is 11.3 Å². The molecule has 2 rings (SSSR count). The Morgan fingerprint density at radius 1 is 1.42 bits per heavy atom. The molecule has 2 unspecified atom stereocenters. The summed E-state index contributed by atoms with van der Waals surface area (Å²) in [6.45, 7) is 6.88. The predicted octanol–water partition coefficient (Wildman–Crippen LogP) is 2.98. The minimum Gasteiger partial charge on any atom is -0.465 e. The zero-order valence-corrected chi connectivity index (χ0v) is 13.2. The van der Waals surface area contributed by atoms with Gasteiger partial charge in [-0.05, 0) is 50.7 Å². The second-order valence-electron chi connectivity index (χ2n) is 6.31. The molecule has 0 amide bonds. The van der Waals surface area contributed by atoms with Crippen LogP contribution in [-0.2, 0) is 9.53 Å². The normalized spacial score (nSPS) is 30.8. The molecule has 3 nitrogen and oxygen atoms in total. The molecule has 0 aromatic carbocycles. The zero-order chi connectivity index (χ0) is 13.9. The van der Waals surface area contributed by atoms with E-state index in [1.54, 1.807) is 0 Å². The van der Waals surface area contributed by atoms with Crippen LogP contribution in [0.3, 0.4) is 0 Å². The van der Waals surface area contributed by atoms with E-state index in [0.29, 0.717) is 17.9 Å². The Morgan fingerprint density at radius 3 is 2.74 bits per heavy atom. The van der Waals surface area contributed by atoms with Gasteiger partial charge in [-0.2, -0.15) is 11.8 Å². The van der Waals surface area contributed by atoms with Gasteiger partial charge >= 0.3 is 5.97 Å². The highest BCUT2D eigenvalue weighted by atomic mass is 32.2. The fourth-order valence-electron chi connectivity index (χ4n) is 2.73. The molecule has 2 aliphatic rings. The maximum Gasteiger partial charge on any atom is 0.326 e. The first-order chi connectivity index (χ1) is 9.05. The molecule has 110 valence electrons. The van der Waals surface area contributed by atoms with Gasteiger partial charge in [0.25, 0.3) is 0 Å². The predicted molar refractivity (Wildman–Crippen MR) is 80.5 cm³/mol. The third kappa shape index (κ3) is 4.12. The van der Waals surface area contributed by atoms with E-state index in [0.717, 1.165) is 25.2 Å². The largest absolute Gasteiger partial charge is 0.465 e. The number of esters is 1. The van der Waals surface area contributed by atoms with Crippen molar-refractivity contribution in [2.24, 2.45) is 5.92 Å². The van der Waals surface area contributed by atoms with Gasteiger partial charge < -0.3 is 4.74 Å². The lowest BCUT2D eigenvalue weighted by molar-refractivity contribution is -0.151. The molecule has 1 N–H and O–H groups in total. The molecule has 2 aliphatic carbocycles. The first-order valence-electron chi connectivity index (χ1n) is 7.62. The highest BCUT2D eigenvalue weighted by Crippen LogP contribution is 2.40. The number of carbonyl (C=O) groups excluding carboxylic acids is 1. The third-order valence-corrected chi connectivity index (χ3v) is 5.59. The van der Waals surface area contributed by atoms with Gasteiger partial charge in [0.1, 0.15) is 5.54 Å². The fourth-order valence-corrected chi connectivity index (χ4v) is 4.08. The minimum absolute atomic E-state index is 0.0189.